The molecule has 1 aromatic rings. The Labute approximate surface area is 163 Å². The summed E-state index contributed by atoms with van der Waals surface area (Å²) in [7, 11) is 5.75. The molecule has 0 aromatic heterocycles. The summed E-state index contributed by atoms with van der Waals surface area (Å²) in [6.45, 7) is 8.52. The number of benzene rings is 1. The number of likely N-dealkylation sites (N-methyl/N-ethyl adjacent to an activating group) is 2. The molecule has 4 unspecified atom stereocenters. The van der Waals surface area contributed by atoms with Crippen molar-refractivity contribution in [2.45, 2.75) is 57.4 Å². The molecule has 4 heteroatoms. The van der Waals surface area contributed by atoms with Crippen LogP contribution in [0, 0.1) is 12.8 Å². The quantitative estimate of drug-likeness (QED) is 0.784. The van der Waals surface area contributed by atoms with Crippen molar-refractivity contribution in [3.05, 3.63) is 41.0 Å². The molecule has 0 saturated heterocycles. The highest BCUT2D eigenvalue weighted by molar-refractivity contribution is 5.79. The number of fused-ring (bicyclic) bond motifs is 3. The summed E-state index contributed by atoms with van der Waals surface area (Å²) in [5.74, 6) is 1.43. The van der Waals surface area contributed by atoms with Crippen LogP contribution >= 0.6 is 0 Å². The second-order valence-electron chi connectivity index (χ2n) is 8.73. The van der Waals surface area contributed by atoms with E-state index in [1.165, 1.54) is 24.0 Å². The van der Waals surface area contributed by atoms with Crippen LogP contribution in [-0.4, -0.2) is 48.5 Å². The highest BCUT2D eigenvalue weighted by Gasteiger charge is 2.47. The van der Waals surface area contributed by atoms with Gasteiger partial charge in [-0.2, -0.15) is 0 Å². The van der Waals surface area contributed by atoms with Crippen molar-refractivity contribution in [1.82, 2.24) is 9.80 Å². The first kappa shape index (κ1) is 19.9. The molecule has 1 fully saturated rings. The fourth-order valence-electron chi connectivity index (χ4n) is 5.27. The van der Waals surface area contributed by atoms with E-state index in [0.29, 0.717) is 24.1 Å². The Kier molecular flexibility index (Phi) is 5.66. The molecule has 0 heterocycles. The van der Waals surface area contributed by atoms with Crippen molar-refractivity contribution in [1.29, 1.82) is 0 Å². The molecule has 0 spiro atoms. The standard InChI is InChI=1S/C23H34N2O2/c1-7-14(2)18-12-15(3)20-16-10-8-9-11-17(16)22(21(20)23(18)27)25(6)19(26)13-24(4)5/h7,12,14,16-17,22,27H,1,8-11,13H2,2-6H3. The van der Waals surface area contributed by atoms with Crippen molar-refractivity contribution in [2.75, 3.05) is 27.7 Å². The van der Waals surface area contributed by atoms with Gasteiger partial charge in [-0.25, -0.2) is 0 Å². The zero-order valence-electron chi connectivity index (χ0n) is 17.5. The lowest BCUT2D eigenvalue weighted by Crippen LogP contribution is -2.39. The van der Waals surface area contributed by atoms with Gasteiger partial charge < -0.3 is 14.9 Å². The second-order valence-corrected chi connectivity index (χ2v) is 8.73. The molecule has 0 bridgehead atoms. The zero-order chi connectivity index (χ0) is 19.9. The van der Waals surface area contributed by atoms with Crippen LogP contribution in [0.25, 0.3) is 0 Å². The summed E-state index contributed by atoms with van der Waals surface area (Å²) < 4.78 is 0. The number of hydrogen-bond donors (Lipinski definition) is 1. The molecule has 3 rings (SSSR count). The van der Waals surface area contributed by atoms with Crippen LogP contribution in [0.1, 0.15) is 72.7 Å². The van der Waals surface area contributed by atoms with E-state index in [4.69, 9.17) is 0 Å². The first-order valence-corrected chi connectivity index (χ1v) is 10.2. The number of carbonyl (C=O) groups is 1. The van der Waals surface area contributed by atoms with Crippen LogP contribution in [0.2, 0.25) is 0 Å². The highest BCUT2D eigenvalue weighted by atomic mass is 16.3. The summed E-state index contributed by atoms with van der Waals surface area (Å²) in [6.07, 6.45) is 6.58. The number of carbonyl (C=O) groups excluding carboxylic acids is 1. The van der Waals surface area contributed by atoms with Crippen LogP contribution < -0.4 is 0 Å². The van der Waals surface area contributed by atoms with Gasteiger partial charge in [0, 0.05) is 24.1 Å². The normalized spacial score (nSPS) is 25.0. The average Bonchev–Trinajstić information content (AvgIpc) is 2.98. The molecule has 1 saturated carbocycles. The Balaban J connectivity index is 2.14. The number of aryl methyl sites for hydroxylation is 1. The third-order valence-corrected chi connectivity index (χ3v) is 6.61. The number of allylic oxidation sites excluding steroid dienone is 1. The summed E-state index contributed by atoms with van der Waals surface area (Å²) in [4.78, 5) is 16.7. The fourth-order valence-corrected chi connectivity index (χ4v) is 5.27. The van der Waals surface area contributed by atoms with Crippen LogP contribution in [0.4, 0.5) is 0 Å². The van der Waals surface area contributed by atoms with E-state index in [0.717, 1.165) is 24.0 Å². The van der Waals surface area contributed by atoms with Crippen molar-refractivity contribution in [3.63, 3.8) is 0 Å². The zero-order valence-corrected chi connectivity index (χ0v) is 17.5. The molecular weight excluding hydrogens is 336 g/mol. The van der Waals surface area contributed by atoms with Gasteiger partial charge in [0.1, 0.15) is 5.75 Å². The Bertz CT molecular complexity index is 740. The summed E-state index contributed by atoms with van der Waals surface area (Å²) in [5, 5.41) is 11.3. The van der Waals surface area contributed by atoms with Gasteiger partial charge in [0.05, 0.1) is 12.6 Å². The van der Waals surface area contributed by atoms with Gasteiger partial charge in [0.25, 0.3) is 0 Å². The fraction of sp³-hybridized carbons (Fsp3) is 0.609. The molecule has 27 heavy (non-hydrogen) atoms. The van der Waals surface area contributed by atoms with Gasteiger partial charge in [-0.1, -0.05) is 31.9 Å². The van der Waals surface area contributed by atoms with Gasteiger partial charge in [-0.05, 0) is 56.8 Å². The molecule has 0 radical (unpaired) electrons. The van der Waals surface area contributed by atoms with E-state index in [9.17, 15) is 9.90 Å². The summed E-state index contributed by atoms with van der Waals surface area (Å²) in [5.41, 5.74) is 4.48. The van der Waals surface area contributed by atoms with Crippen molar-refractivity contribution < 1.29 is 9.90 Å². The minimum atomic E-state index is -0.0339. The lowest BCUT2D eigenvalue weighted by Gasteiger charge is -2.35. The van der Waals surface area contributed by atoms with E-state index in [1.807, 2.05) is 37.0 Å². The summed E-state index contributed by atoms with van der Waals surface area (Å²) in [6, 6.07) is 2.10. The topological polar surface area (TPSA) is 43.8 Å². The Morgan fingerprint density at radius 3 is 2.59 bits per heavy atom. The van der Waals surface area contributed by atoms with E-state index in [2.05, 4.69) is 26.5 Å². The van der Waals surface area contributed by atoms with E-state index >= 15 is 0 Å². The van der Waals surface area contributed by atoms with Crippen LogP contribution in [0.5, 0.6) is 5.75 Å². The van der Waals surface area contributed by atoms with E-state index < -0.39 is 0 Å². The predicted octanol–water partition coefficient (Wildman–Crippen LogP) is 4.34. The Hall–Kier alpha value is -1.81. The maximum Gasteiger partial charge on any atom is 0.236 e. The van der Waals surface area contributed by atoms with Crippen molar-refractivity contribution in [2.24, 2.45) is 5.92 Å². The molecule has 148 valence electrons. The van der Waals surface area contributed by atoms with E-state index in [-0.39, 0.29) is 17.9 Å². The minimum absolute atomic E-state index is 0.0339. The molecule has 4 atom stereocenters. The number of nitrogens with zero attached hydrogens (tertiary/aromatic N) is 2. The minimum Gasteiger partial charge on any atom is -0.507 e. The monoisotopic (exact) mass is 370 g/mol. The number of hydrogen-bond acceptors (Lipinski definition) is 3. The number of amides is 1. The first-order valence-electron chi connectivity index (χ1n) is 10.2. The Morgan fingerprint density at radius 2 is 1.96 bits per heavy atom. The molecule has 2 aliphatic carbocycles. The lowest BCUT2D eigenvalue weighted by molar-refractivity contribution is -0.134. The average molecular weight is 371 g/mol. The largest absolute Gasteiger partial charge is 0.507 e. The van der Waals surface area contributed by atoms with Gasteiger partial charge in [-0.3, -0.25) is 4.79 Å². The Morgan fingerprint density at radius 1 is 1.30 bits per heavy atom. The molecule has 2 aliphatic rings. The van der Waals surface area contributed by atoms with Gasteiger partial charge in [0.15, 0.2) is 0 Å². The molecular formula is C23H34N2O2. The van der Waals surface area contributed by atoms with Crippen LogP contribution in [-0.2, 0) is 4.79 Å². The molecule has 1 N–H and O–H groups in total. The SMILES string of the molecule is C=CC(C)c1cc(C)c2c(c1O)C(N(C)C(=O)CN(C)C)C1CCCCC21. The first-order chi connectivity index (χ1) is 12.8. The van der Waals surface area contributed by atoms with Gasteiger partial charge in [0.2, 0.25) is 5.91 Å². The third kappa shape index (κ3) is 3.40. The van der Waals surface area contributed by atoms with Crippen LogP contribution in [0.15, 0.2) is 18.7 Å². The van der Waals surface area contributed by atoms with Crippen molar-refractivity contribution in [3.8, 4) is 5.75 Å². The highest BCUT2D eigenvalue weighted by Crippen LogP contribution is 2.58. The third-order valence-electron chi connectivity index (χ3n) is 6.61. The van der Waals surface area contributed by atoms with Crippen molar-refractivity contribution >= 4 is 5.91 Å². The van der Waals surface area contributed by atoms with Gasteiger partial charge in [-0.15, -0.1) is 6.58 Å². The number of phenols is 1. The smallest absolute Gasteiger partial charge is 0.236 e. The summed E-state index contributed by atoms with van der Waals surface area (Å²) >= 11 is 0. The second kappa shape index (κ2) is 7.67. The maximum absolute atomic E-state index is 12.9. The van der Waals surface area contributed by atoms with Gasteiger partial charge >= 0.3 is 0 Å². The number of rotatable bonds is 5. The predicted molar refractivity (Wildman–Crippen MR) is 110 cm³/mol. The van der Waals surface area contributed by atoms with Crippen LogP contribution in [0.3, 0.4) is 0 Å². The molecule has 4 nitrogen and oxygen atoms in total. The molecule has 1 amide bonds. The lowest BCUT2D eigenvalue weighted by atomic mass is 9.77. The number of phenolic OH excluding ortho intramolecular Hbond substituents is 1. The molecule has 0 aliphatic heterocycles. The molecule has 1 aromatic carbocycles. The maximum atomic E-state index is 12.9. The van der Waals surface area contributed by atoms with E-state index in [1.54, 1.807) is 0 Å². The number of aromatic hydroxyl groups is 1.